The molecule has 7 heteroatoms. The zero-order valence-corrected chi connectivity index (χ0v) is 13.4. The lowest BCUT2D eigenvalue weighted by atomic mass is 10.2. The van der Waals surface area contributed by atoms with Gasteiger partial charge in [-0.05, 0) is 31.2 Å². The quantitative estimate of drug-likeness (QED) is 0.813. The van der Waals surface area contributed by atoms with E-state index in [-0.39, 0.29) is 18.2 Å². The molecule has 7 nitrogen and oxygen atoms in total. The predicted molar refractivity (Wildman–Crippen MR) is 86.4 cm³/mol. The Hall–Kier alpha value is -3.09. The van der Waals surface area contributed by atoms with E-state index in [1.165, 1.54) is 24.2 Å². The van der Waals surface area contributed by atoms with Crippen LogP contribution in [0.3, 0.4) is 0 Å². The average Bonchev–Trinajstić information content (AvgIpc) is 3.13. The Labute approximate surface area is 139 Å². The number of esters is 1. The van der Waals surface area contributed by atoms with Gasteiger partial charge in [0.15, 0.2) is 11.9 Å². The summed E-state index contributed by atoms with van der Waals surface area (Å²) in [4.78, 5) is 37.0. The molecular formula is C17H18N2O5. The first-order valence-electron chi connectivity index (χ1n) is 7.33. The fourth-order valence-electron chi connectivity index (χ4n) is 1.99. The summed E-state index contributed by atoms with van der Waals surface area (Å²) >= 11 is 0. The molecule has 0 radical (unpaired) electrons. The van der Waals surface area contributed by atoms with Gasteiger partial charge in [-0.2, -0.15) is 0 Å². The minimum absolute atomic E-state index is 0.0933. The lowest BCUT2D eigenvalue weighted by molar-refractivity contribution is -0.152. The summed E-state index contributed by atoms with van der Waals surface area (Å²) in [6.45, 7) is 1.13. The van der Waals surface area contributed by atoms with Gasteiger partial charge in [-0.25, -0.2) is 0 Å². The Bertz CT molecular complexity index is 697. The van der Waals surface area contributed by atoms with Crippen LogP contribution in [-0.2, 0) is 14.3 Å². The lowest BCUT2D eigenvalue weighted by Crippen LogP contribution is -2.39. The summed E-state index contributed by atoms with van der Waals surface area (Å²) < 4.78 is 9.95. The van der Waals surface area contributed by atoms with E-state index in [0.717, 1.165) is 0 Å². The SMILES string of the molecule is C[C@H](OC(=O)CNC(=O)c1ccco1)C(=O)N(C)c1ccccc1. The van der Waals surface area contributed by atoms with Crippen LogP contribution in [0.25, 0.3) is 0 Å². The molecule has 1 N–H and O–H groups in total. The summed E-state index contributed by atoms with van der Waals surface area (Å²) in [6.07, 6.45) is 0.385. The number of carbonyl (C=O) groups excluding carboxylic acids is 3. The van der Waals surface area contributed by atoms with E-state index in [4.69, 9.17) is 9.15 Å². The normalized spacial score (nSPS) is 11.4. The molecule has 0 saturated carbocycles. The molecule has 126 valence electrons. The molecule has 2 amide bonds. The van der Waals surface area contributed by atoms with E-state index in [1.807, 2.05) is 6.07 Å². The highest BCUT2D eigenvalue weighted by Crippen LogP contribution is 2.13. The highest BCUT2D eigenvalue weighted by atomic mass is 16.5. The van der Waals surface area contributed by atoms with Gasteiger partial charge in [0, 0.05) is 12.7 Å². The van der Waals surface area contributed by atoms with Gasteiger partial charge in [-0.1, -0.05) is 18.2 Å². The van der Waals surface area contributed by atoms with E-state index < -0.39 is 18.0 Å². The minimum Gasteiger partial charge on any atom is -0.459 e. The summed E-state index contributed by atoms with van der Waals surface area (Å²) in [6, 6.07) is 12.0. The standard InChI is InChI=1S/C17H18N2O5/c1-12(17(22)19(2)13-7-4-3-5-8-13)24-15(20)11-18-16(21)14-9-6-10-23-14/h3-10,12H,11H2,1-2H3,(H,18,21)/t12-/m0/s1. The third-order valence-corrected chi connectivity index (χ3v) is 3.27. The van der Waals surface area contributed by atoms with Gasteiger partial charge < -0.3 is 19.4 Å². The number of para-hydroxylation sites is 1. The zero-order chi connectivity index (χ0) is 17.5. The monoisotopic (exact) mass is 330 g/mol. The molecule has 1 heterocycles. The van der Waals surface area contributed by atoms with E-state index in [1.54, 1.807) is 37.4 Å². The molecule has 1 aromatic carbocycles. The van der Waals surface area contributed by atoms with Crippen LogP contribution in [-0.4, -0.2) is 37.5 Å². The van der Waals surface area contributed by atoms with Gasteiger partial charge in [0.1, 0.15) is 6.54 Å². The first-order chi connectivity index (χ1) is 11.5. The average molecular weight is 330 g/mol. The van der Waals surface area contributed by atoms with Crippen LogP contribution in [0, 0.1) is 0 Å². The number of carbonyl (C=O) groups is 3. The van der Waals surface area contributed by atoms with Crippen molar-refractivity contribution in [3.05, 3.63) is 54.5 Å². The number of nitrogens with one attached hydrogen (secondary N) is 1. The van der Waals surface area contributed by atoms with Crippen molar-refractivity contribution in [2.24, 2.45) is 0 Å². The molecule has 0 spiro atoms. The first-order valence-corrected chi connectivity index (χ1v) is 7.33. The fourth-order valence-corrected chi connectivity index (χ4v) is 1.99. The second-order valence-corrected chi connectivity index (χ2v) is 5.02. The first kappa shape index (κ1) is 17.3. The van der Waals surface area contributed by atoms with E-state index in [0.29, 0.717) is 5.69 Å². The van der Waals surface area contributed by atoms with Crippen LogP contribution >= 0.6 is 0 Å². The maximum absolute atomic E-state index is 12.3. The van der Waals surface area contributed by atoms with Crippen LogP contribution in [0.5, 0.6) is 0 Å². The van der Waals surface area contributed by atoms with Gasteiger partial charge in [0.2, 0.25) is 0 Å². The molecule has 2 rings (SSSR count). The Kier molecular flexibility index (Phi) is 5.73. The maximum atomic E-state index is 12.3. The third kappa shape index (κ3) is 4.45. The molecule has 0 fully saturated rings. The smallest absolute Gasteiger partial charge is 0.326 e. The second kappa shape index (κ2) is 7.96. The van der Waals surface area contributed by atoms with Crippen molar-refractivity contribution in [3.8, 4) is 0 Å². The highest BCUT2D eigenvalue weighted by Gasteiger charge is 2.22. The van der Waals surface area contributed by atoms with Gasteiger partial charge in [-0.15, -0.1) is 0 Å². The number of hydrogen-bond donors (Lipinski definition) is 1. The van der Waals surface area contributed by atoms with Crippen LogP contribution in [0.1, 0.15) is 17.5 Å². The van der Waals surface area contributed by atoms with Crippen molar-refractivity contribution in [3.63, 3.8) is 0 Å². The largest absolute Gasteiger partial charge is 0.459 e. The number of anilines is 1. The molecule has 0 saturated heterocycles. The molecule has 0 aliphatic carbocycles. The molecule has 0 unspecified atom stereocenters. The molecule has 1 aromatic heterocycles. The molecular weight excluding hydrogens is 312 g/mol. The van der Waals surface area contributed by atoms with Crippen molar-refractivity contribution in [2.45, 2.75) is 13.0 Å². The number of likely N-dealkylation sites (N-methyl/N-ethyl adjacent to an activating group) is 1. The van der Waals surface area contributed by atoms with E-state index in [9.17, 15) is 14.4 Å². The number of benzene rings is 1. The van der Waals surface area contributed by atoms with Crippen LogP contribution in [0.4, 0.5) is 5.69 Å². The predicted octanol–water partition coefficient (Wildman–Crippen LogP) is 1.60. The summed E-state index contributed by atoms with van der Waals surface area (Å²) in [7, 11) is 1.60. The molecule has 1 atom stereocenters. The summed E-state index contributed by atoms with van der Waals surface area (Å²) in [5.74, 6) is -1.52. The molecule has 24 heavy (non-hydrogen) atoms. The number of hydrogen-bond acceptors (Lipinski definition) is 5. The number of nitrogens with zero attached hydrogens (tertiary/aromatic N) is 1. The number of rotatable bonds is 6. The number of amides is 2. The van der Waals surface area contributed by atoms with Crippen LogP contribution in [0.2, 0.25) is 0 Å². The van der Waals surface area contributed by atoms with E-state index in [2.05, 4.69) is 5.32 Å². The minimum atomic E-state index is -0.969. The van der Waals surface area contributed by atoms with Crippen molar-refractivity contribution >= 4 is 23.5 Å². The van der Waals surface area contributed by atoms with Crippen molar-refractivity contribution in [1.82, 2.24) is 5.32 Å². The molecule has 0 bridgehead atoms. The Morgan fingerprint density at radius 1 is 1.17 bits per heavy atom. The Morgan fingerprint density at radius 2 is 1.88 bits per heavy atom. The fraction of sp³-hybridized carbons (Fsp3) is 0.235. The Balaban J connectivity index is 1.82. The van der Waals surface area contributed by atoms with Crippen LogP contribution in [0.15, 0.2) is 53.1 Å². The third-order valence-electron chi connectivity index (χ3n) is 3.27. The topological polar surface area (TPSA) is 88.8 Å². The van der Waals surface area contributed by atoms with Crippen molar-refractivity contribution in [1.29, 1.82) is 0 Å². The lowest BCUT2D eigenvalue weighted by Gasteiger charge is -2.21. The van der Waals surface area contributed by atoms with Gasteiger partial charge in [0.25, 0.3) is 11.8 Å². The second-order valence-electron chi connectivity index (χ2n) is 5.02. The van der Waals surface area contributed by atoms with Crippen molar-refractivity contribution < 1.29 is 23.5 Å². The summed E-state index contributed by atoms with van der Waals surface area (Å²) in [5.41, 5.74) is 0.691. The van der Waals surface area contributed by atoms with Gasteiger partial charge in [0.05, 0.1) is 6.26 Å². The van der Waals surface area contributed by atoms with E-state index >= 15 is 0 Å². The highest BCUT2D eigenvalue weighted by molar-refractivity contribution is 5.97. The number of ether oxygens (including phenoxy) is 1. The molecule has 0 aliphatic heterocycles. The zero-order valence-electron chi connectivity index (χ0n) is 13.4. The Morgan fingerprint density at radius 3 is 2.50 bits per heavy atom. The molecule has 0 aliphatic rings. The van der Waals surface area contributed by atoms with Crippen molar-refractivity contribution in [2.75, 3.05) is 18.5 Å². The molecule has 2 aromatic rings. The van der Waals surface area contributed by atoms with Gasteiger partial charge in [-0.3, -0.25) is 14.4 Å². The maximum Gasteiger partial charge on any atom is 0.326 e. The number of furan rings is 1. The van der Waals surface area contributed by atoms with Gasteiger partial charge >= 0.3 is 5.97 Å². The summed E-state index contributed by atoms with van der Waals surface area (Å²) in [5, 5.41) is 2.36. The van der Waals surface area contributed by atoms with Crippen LogP contribution < -0.4 is 10.2 Å².